The van der Waals surface area contributed by atoms with Crippen LogP contribution in [0.1, 0.15) is 54.4 Å². The number of pyridine rings is 1. The molecule has 0 bridgehead atoms. The van der Waals surface area contributed by atoms with Crippen LogP contribution in [0, 0.1) is 35.6 Å². The summed E-state index contributed by atoms with van der Waals surface area (Å²) in [7, 11) is 0. The zero-order valence-electron chi connectivity index (χ0n) is 29.0. The molecular formula is C40H33F4N5O4S. The van der Waals surface area contributed by atoms with Crippen molar-refractivity contribution < 1.29 is 36.7 Å². The van der Waals surface area contributed by atoms with Crippen molar-refractivity contribution in [3.05, 3.63) is 123 Å². The van der Waals surface area contributed by atoms with E-state index in [1.165, 1.54) is 41.3 Å². The number of para-hydroxylation sites is 1. The molecule has 0 saturated carbocycles. The van der Waals surface area contributed by atoms with Gasteiger partial charge in [-0.1, -0.05) is 12.1 Å². The van der Waals surface area contributed by atoms with Crippen LogP contribution in [0.5, 0.6) is 0 Å². The summed E-state index contributed by atoms with van der Waals surface area (Å²) in [5, 5.41) is 5.38. The maximum Gasteiger partial charge on any atom is 0.265 e. The number of ether oxygens (including phenoxy) is 1. The van der Waals surface area contributed by atoms with E-state index in [2.05, 4.69) is 15.6 Å². The van der Waals surface area contributed by atoms with Gasteiger partial charge in [0.25, 0.3) is 17.7 Å². The van der Waals surface area contributed by atoms with Gasteiger partial charge in [0.15, 0.2) is 11.6 Å². The van der Waals surface area contributed by atoms with Crippen LogP contribution in [0.3, 0.4) is 0 Å². The Bertz CT molecular complexity index is 2300. The molecule has 1 spiro atoms. The van der Waals surface area contributed by atoms with E-state index in [-0.39, 0.29) is 51.3 Å². The Balaban J connectivity index is 1.01. The van der Waals surface area contributed by atoms with Crippen LogP contribution in [0.25, 0.3) is 10.4 Å². The van der Waals surface area contributed by atoms with Crippen LogP contribution < -0.4 is 20.4 Å². The number of carbonyl (C=O) groups excluding carboxylic acids is 3. The number of halogens is 4. The maximum absolute atomic E-state index is 14.8. The Morgan fingerprint density at radius 3 is 2.35 bits per heavy atom. The fourth-order valence-corrected chi connectivity index (χ4v) is 8.49. The summed E-state index contributed by atoms with van der Waals surface area (Å²) in [5.74, 6) is -4.73. The minimum Gasteiger partial charge on any atom is -0.381 e. The van der Waals surface area contributed by atoms with Gasteiger partial charge in [0.2, 0.25) is 0 Å². The summed E-state index contributed by atoms with van der Waals surface area (Å²) in [5.41, 5.74) is 2.33. The molecule has 5 heterocycles. The largest absolute Gasteiger partial charge is 0.381 e. The zero-order valence-corrected chi connectivity index (χ0v) is 29.8. The molecule has 2 N–H and O–H groups in total. The second-order valence-corrected chi connectivity index (χ2v) is 14.9. The number of benzene rings is 3. The maximum atomic E-state index is 14.8. The van der Waals surface area contributed by atoms with Gasteiger partial charge in [0.05, 0.1) is 28.0 Å². The first-order valence-corrected chi connectivity index (χ1v) is 18.2. The lowest BCUT2D eigenvalue weighted by Crippen LogP contribution is -2.59. The molecule has 3 amide bonds. The van der Waals surface area contributed by atoms with Crippen LogP contribution in [0.15, 0.2) is 72.9 Å². The lowest BCUT2D eigenvalue weighted by Gasteiger charge is -2.53. The lowest BCUT2D eigenvalue weighted by atomic mass is 9.73. The molecule has 8 rings (SSSR count). The fourth-order valence-electron chi connectivity index (χ4n) is 7.36. The van der Waals surface area contributed by atoms with Gasteiger partial charge < -0.3 is 25.2 Å². The molecule has 0 unspecified atom stereocenters. The number of anilines is 4. The average molecular weight is 756 g/mol. The summed E-state index contributed by atoms with van der Waals surface area (Å²) in [6.07, 6.45) is 3.18. The van der Waals surface area contributed by atoms with Crippen LogP contribution in [0.2, 0.25) is 0 Å². The SMILES string of the molecule is Cc1cccc(F)c1NC(=O)c1cc2c(s1)-c1cc(F)c(F)cc1N(C(=O)c1ccc(NC(=O)c3cc(F)cnc3N3CC4(CCOCC4)C3)cc1)CC2. The predicted octanol–water partition coefficient (Wildman–Crippen LogP) is 8.00. The van der Waals surface area contributed by atoms with E-state index in [9.17, 15) is 31.9 Å². The van der Waals surface area contributed by atoms with Gasteiger partial charge in [-0.05, 0) is 85.8 Å². The molecule has 3 aliphatic rings. The molecule has 2 fully saturated rings. The number of carbonyl (C=O) groups is 3. The molecule has 3 aromatic carbocycles. The number of aromatic nitrogens is 1. The average Bonchev–Trinajstić information content (AvgIpc) is 3.52. The van der Waals surface area contributed by atoms with Crippen LogP contribution in [-0.4, -0.2) is 55.6 Å². The molecule has 2 aromatic heterocycles. The Labute approximate surface area is 311 Å². The lowest BCUT2D eigenvalue weighted by molar-refractivity contribution is -0.000516. The highest BCUT2D eigenvalue weighted by Gasteiger charge is 2.45. The number of fused-ring (bicyclic) bond motifs is 3. The molecule has 54 heavy (non-hydrogen) atoms. The molecular weight excluding hydrogens is 723 g/mol. The van der Waals surface area contributed by atoms with Gasteiger partial charge in [-0.3, -0.25) is 14.4 Å². The van der Waals surface area contributed by atoms with Crippen LogP contribution in [-0.2, 0) is 11.2 Å². The third kappa shape index (κ3) is 6.60. The minimum absolute atomic E-state index is 0.0490. The standard InChI is InChI=1S/C40H33F4N5O4S/c1-22-3-2-4-29(42)34(22)47-38(51)33-15-24-9-12-49(32-18-31(44)30(43)17-27(32)35(24)54-33)39(52)23-5-7-26(8-6-23)46-37(50)28-16-25(41)19-45-36(28)48-20-40(21-48)10-13-53-14-11-40/h2-8,15-19H,9-14,20-21H2,1H3,(H,46,50)(H,47,51). The number of hydrogen-bond acceptors (Lipinski definition) is 7. The number of thiophene rings is 1. The second-order valence-electron chi connectivity index (χ2n) is 13.9. The molecule has 3 aliphatic heterocycles. The van der Waals surface area contributed by atoms with Gasteiger partial charge >= 0.3 is 0 Å². The predicted molar refractivity (Wildman–Crippen MR) is 197 cm³/mol. The van der Waals surface area contributed by atoms with Crippen LogP contribution >= 0.6 is 11.3 Å². The molecule has 9 nitrogen and oxygen atoms in total. The van der Waals surface area contributed by atoms with E-state index < -0.39 is 41.0 Å². The number of aryl methyl sites for hydroxylation is 1. The number of amides is 3. The minimum atomic E-state index is -1.15. The highest BCUT2D eigenvalue weighted by atomic mass is 32.1. The Morgan fingerprint density at radius 2 is 1.61 bits per heavy atom. The summed E-state index contributed by atoms with van der Waals surface area (Å²) in [4.78, 5) is 48.9. The van der Waals surface area contributed by atoms with Crippen molar-refractivity contribution in [1.29, 1.82) is 0 Å². The second kappa shape index (κ2) is 14.0. The number of nitrogens with one attached hydrogen (secondary N) is 2. The molecule has 0 radical (unpaired) electrons. The molecule has 5 aromatic rings. The number of hydrogen-bond donors (Lipinski definition) is 2. The van der Waals surface area contributed by atoms with Crippen molar-refractivity contribution in [2.45, 2.75) is 26.2 Å². The van der Waals surface area contributed by atoms with E-state index in [0.29, 0.717) is 53.8 Å². The van der Waals surface area contributed by atoms with E-state index in [4.69, 9.17) is 4.74 Å². The van der Waals surface area contributed by atoms with Crippen molar-refractivity contribution in [1.82, 2.24) is 4.98 Å². The first kappa shape index (κ1) is 35.4. The summed E-state index contributed by atoms with van der Waals surface area (Å²) in [6, 6.07) is 15.2. The van der Waals surface area contributed by atoms with Crippen molar-refractivity contribution in [2.75, 3.05) is 53.3 Å². The van der Waals surface area contributed by atoms with Crippen molar-refractivity contribution in [3.63, 3.8) is 0 Å². The first-order valence-electron chi connectivity index (χ1n) is 17.4. The van der Waals surface area contributed by atoms with E-state index >= 15 is 0 Å². The van der Waals surface area contributed by atoms with Crippen molar-refractivity contribution >= 4 is 51.9 Å². The topological polar surface area (TPSA) is 104 Å². The summed E-state index contributed by atoms with van der Waals surface area (Å²) >= 11 is 1.04. The van der Waals surface area contributed by atoms with E-state index in [1.54, 1.807) is 19.1 Å². The van der Waals surface area contributed by atoms with Gasteiger partial charge in [0.1, 0.15) is 17.5 Å². The molecule has 0 aliphatic carbocycles. The highest BCUT2D eigenvalue weighted by Crippen LogP contribution is 2.44. The van der Waals surface area contributed by atoms with Gasteiger partial charge in [-0.15, -0.1) is 11.3 Å². The highest BCUT2D eigenvalue weighted by molar-refractivity contribution is 7.17. The third-order valence-corrected chi connectivity index (χ3v) is 11.5. The van der Waals surface area contributed by atoms with Crippen molar-refractivity contribution in [3.8, 4) is 10.4 Å². The molecule has 276 valence electrons. The monoisotopic (exact) mass is 755 g/mol. The van der Waals surface area contributed by atoms with Crippen LogP contribution in [0.4, 0.5) is 40.4 Å². The van der Waals surface area contributed by atoms with Gasteiger partial charge in [-0.25, -0.2) is 22.5 Å². The Morgan fingerprint density at radius 1 is 0.870 bits per heavy atom. The van der Waals surface area contributed by atoms with E-state index in [1.807, 2.05) is 4.90 Å². The quantitative estimate of drug-likeness (QED) is 0.170. The smallest absolute Gasteiger partial charge is 0.265 e. The van der Waals surface area contributed by atoms with Crippen molar-refractivity contribution in [2.24, 2.45) is 5.41 Å². The zero-order chi connectivity index (χ0) is 37.7. The summed E-state index contributed by atoms with van der Waals surface area (Å²) < 4.78 is 63.8. The number of rotatable bonds is 6. The third-order valence-electron chi connectivity index (χ3n) is 10.3. The molecule has 0 atom stereocenters. The Kier molecular flexibility index (Phi) is 9.18. The molecule has 2 saturated heterocycles. The van der Waals surface area contributed by atoms with E-state index in [0.717, 1.165) is 48.6 Å². The molecule has 14 heteroatoms. The summed E-state index contributed by atoms with van der Waals surface area (Å²) in [6.45, 7) is 4.51. The Hall–Kier alpha value is -5.60. The van der Waals surface area contributed by atoms with Gasteiger partial charge in [-0.2, -0.15) is 0 Å². The van der Waals surface area contributed by atoms with Gasteiger partial charge in [0, 0.05) is 66.0 Å². The fraction of sp³-hybridized carbons (Fsp3) is 0.250. The normalized spacial score (nSPS) is 15.9. The first-order chi connectivity index (χ1) is 26.0. The number of nitrogens with zero attached hydrogens (tertiary/aromatic N) is 3.